The Morgan fingerprint density at radius 3 is 2.64 bits per heavy atom. The predicted molar refractivity (Wildman–Crippen MR) is 89.7 cm³/mol. The van der Waals surface area contributed by atoms with E-state index in [-0.39, 0.29) is 18.5 Å². The molecule has 1 aromatic heterocycles. The van der Waals surface area contributed by atoms with Gasteiger partial charge in [0.2, 0.25) is 5.88 Å². The second-order valence-electron chi connectivity index (χ2n) is 6.04. The van der Waals surface area contributed by atoms with Gasteiger partial charge >= 0.3 is 6.18 Å². The zero-order valence-corrected chi connectivity index (χ0v) is 13.9. The van der Waals surface area contributed by atoms with Crippen molar-refractivity contribution in [2.45, 2.75) is 25.7 Å². The number of ether oxygens (including phenoxy) is 1. The average molecular weight is 351 g/mol. The first-order chi connectivity index (χ1) is 11.9. The van der Waals surface area contributed by atoms with Crippen LogP contribution in [0.2, 0.25) is 0 Å². The van der Waals surface area contributed by atoms with Crippen LogP contribution in [0.25, 0.3) is 0 Å². The molecule has 0 saturated carbocycles. The van der Waals surface area contributed by atoms with Crippen molar-refractivity contribution in [3.63, 3.8) is 0 Å². The van der Waals surface area contributed by atoms with Gasteiger partial charge in [-0.1, -0.05) is 30.3 Å². The largest absolute Gasteiger partial charge is 0.472 e. The molecule has 1 fully saturated rings. The van der Waals surface area contributed by atoms with Crippen LogP contribution in [0.5, 0.6) is 5.88 Å². The summed E-state index contributed by atoms with van der Waals surface area (Å²) >= 11 is 0. The molecule has 1 atom stereocenters. The number of nitrogens with zero attached hydrogens (tertiary/aromatic N) is 2. The number of hydrogen-bond donors (Lipinski definition) is 1. The van der Waals surface area contributed by atoms with E-state index >= 15 is 0 Å². The van der Waals surface area contributed by atoms with E-state index in [1.54, 1.807) is 12.1 Å². The highest BCUT2D eigenvalue weighted by molar-refractivity contribution is 5.46. The Hall–Kier alpha value is -2.28. The lowest BCUT2D eigenvalue weighted by Crippen LogP contribution is -2.50. The van der Waals surface area contributed by atoms with Crippen LogP contribution < -0.4 is 15.0 Å². The fourth-order valence-electron chi connectivity index (χ4n) is 2.82. The Bertz CT molecular complexity index is 706. The predicted octanol–water partition coefficient (Wildman–Crippen LogP) is 3.48. The van der Waals surface area contributed by atoms with Gasteiger partial charge in [-0.05, 0) is 24.6 Å². The molecule has 7 heteroatoms. The molecule has 4 nitrogen and oxygen atoms in total. The minimum Gasteiger partial charge on any atom is -0.472 e. The molecule has 1 aliphatic heterocycles. The second-order valence-corrected chi connectivity index (χ2v) is 6.04. The summed E-state index contributed by atoms with van der Waals surface area (Å²) in [6.45, 7) is 4.28. The Morgan fingerprint density at radius 1 is 1.20 bits per heavy atom. The van der Waals surface area contributed by atoms with Gasteiger partial charge in [0.25, 0.3) is 0 Å². The third-order valence-corrected chi connectivity index (χ3v) is 4.16. The lowest BCUT2D eigenvalue weighted by atomic mass is 10.2. The van der Waals surface area contributed by atoms with Crippen molar-refractivity contribution in [2.24, 2.45) is 0 Å². The monoisotopic (exact) mass is 351 g/mol. The number of aromatic nitrogens is 1. The molecule has 2 aromatic rings. The Balaban J connectivity index is 1.87. The van der Waals surface area contributed by atoms with Crippen molar-refractivity contribution in [1.82, 2.24) is 10.3 Å². The maximum atomic E-state index is 13.3. The van der Waals surface area contributed by atoms with Gasteiger partial charge in [-0.15, -0.1) is 0 Å². The summed E-state index contributed by atoms with van der Waals surface area (Å²) in [5.74, 6) is 0.129. The van der Waals surface area contributed by atoms with Gasteiger partial charge in [0.05, 0.1) is 0 Å². The molecule has 0 radical (unpaired) electrons. The molecule has 0 spiro atoms. The molecule has 0 aliphatic carbocycles. The molecule has 1 saturated heterocycles. The van der Waals surface area contributed by atoms with Crippen LogP contribution in [0.15, 0.2) is 42.5 Å². The Kier molecular flexibility index (Phi) is 5.13. The summed E-state index contributed by atoms with van der Waals surface area (Å²) in [6, 6.07) is 11.7. The molecule has 2 heterocycles. The number of nitrogens with one attached hydrogen (secondary N) is 1. The Morgan fingerprint density at radius 2 is 1.96 bits per heavy atom. The Labute approximate surface area is 144 Å². The van der Waals surface area contributed by atoms with Crippen molar-refractivity contribution in [2.75, 3.05) is 24.5 Å². The zero-order valence-electron chi connectivity index (χ0n) is 13.9. The number of alkyl halides is 3. The average Bonchev–Trinajstić information content (AvgIpc) is 2.60. The quantitative estimate of drug-likeness (QED) is 0.915. The number of anilines is 1. The first kappa shape index (κ1) is 17.5. The fraction of sp³-hybridized carbons (Fsp3) is 0.389. The molecule has 25 heavy (non-hydrogen) atoms. The van der Waals surface area contributed by atoms with Gasteiger partial charge in [-0.3, -0.25) is 0 Å². The van der Waals surface area contributed by atoms with E-state index in [2.05, 4.69) is 10.3 Å². The number of rotatable bonds is 4. The van der Waals surface area contributed by atoms with E-state index in [1.807, 2.05) is 30.0 Å². The van der Waals surface area contributed by atoms with Gasteiger partial charge in [-0.25, -0.2) is 0 Å². The molecule has 1 N–H and O–H groups in total. The molecule has 1 aliphatic rings. The van der Waals surface area contributed by atoms with Gasteiger partial charge in [0, 0.05) is 25.7 Å². The van der Waals surface area contributed by atoms with Crippen molar-refractivity contribution in [1.29, 1.82) is 0 Å². The van der Waals surface area contributed by atoms with Crippen LogP contribution >= 0.6 is 0 Å². The van der Waals surface area contributed by atoms with E-state index in [0.29, 0.717) is 12.4 Å². The third kappa shape index (κ3) is 4.22. The van der Waals surface area contributed by atoms with E-state index in [4.69, 9.17) is 4.74 Å². The van der Waals surface area contributed by atoms with Crippen LogP contribution in [-0.2, 0) is 12.8 Å². The molecular formula is C18H20F3N3O. The highest BCUT2D eigenvalue weighted by Gasteiger charge is 2.36. The van der Waals surface area contributed by atoms with Gasteiger partial charge in [0.1, 0.15) is 18.0 Å². The normalized spacial score (nSPS) is 18.2. The standard InChI is InChI=1S/C18H20F3N3O/c1-13-11-22-9-10-24(13)16-8-7-15(18(19,20)21)17(23-16)25-12-14-5-3-2-4-6-14/h2-8,13,22H,9-12H2,1H3/t13-/m0/s1. The van der Waals surface area contributed by atoms with Crippen LogP contribution in [0.1, 0.15) is 18.1 Å². The molecule has 0 amide bonds. The molecule has 0 unspecified atom stereocenters. The van der Waals surface area contributed by atoms with Crippen LogP contribution in [0.4, 0.5) is 19.0 Å². The lowest BCUT2D eigenvalue weighted by Gasteiger charge is -2.35. The topological polar surface area (TPSA) is 37.4 Å². The van der Waals surface area contributed by atoms with E-state index in [0.717, 1.165) is 24.7 Å². The summed E-state index contributed by atoms with van der Waals surface area (Å²) < 4.78 is 45.3. The highest BCUT2D eigenvalue weighted by Crippen LogP contribution is 2.37. The lowest BCUT2D eigenvalue weighted by molar-refractivity contribution is -0.139. The summed E-state index contributed by atoms with van der Waals surface area (Å²) in [6.07, 6.45) is -4.51. The van der Waals surface area contributed by atoms with Gasteiger partial charge in [0.15, 0.2) is 0 Å². The first-order valence-corrected chi connectivity index (χ1v) is 8.17. The van der Waals surface area contributed by atoms with E-state index < -0.39 is 11.7 Å². The zero-order chi connectivity index (χ0) is 17.9. The van der Waals surface area contributed by atoms with Gasteiger partial charge < -0.3 is 15.0 Å². The molecule has 134 valence electrons. The SMILES string of the molecule is C[C@H]1CNCCN1c1ccc(C(F)(F)F)c(OCc2ccccc2)n1. The summed E-state index contributed by atoms with van der Waals surface area (Å²) in [7, 11) is 0. The van der Waals surface area contributed by atoms with Crippen LogP contribution in [0.3, 0.4) is 0 Å². The summed E-state index contributed by atoms with van der Waals surface area (Å²) in [4.78, 5) is 6.18. The minimum atomic E-state index is -4.51. The van der Waals surface area contributed by atoms with Crippen molar-refractivity contribution < 1.29 is 17.9 Å². The maximum Gasteiger partial charge on any atom is 0.421 e. The maximum absolute atomic E-state index is 13.3. The summed E-state index contributed by atoms with van der Waals surface area (Å²) in [5, 5.41) is 3.25. The van der Waals surface area contributed by atoms with E-state index in [9.17, 15) is 13.2 Å². The van der Waals surface area contributed by atoms with Crippen LogP contribution in [-0.4, -0.2) is 30.7 Å². The molecule has 1 aromatic carbocycles. The smallest absolute Gasteiger partial charge is 0.421 e. The minimum absolute atomic E-state index is 0.0392. The second kappa shape index (κ2) is 7.31. The van der Waals surface area contributed by atoms with E-state index in [1.165, 1.54) is 6.07 Å². The highest BCUT2D eigenvalue weighted by atomic mass is 19.4. The first-order valence-electron chi connectivity index (χ1n) is 8.17. The number of pyridine rings is 1. The summed E-state index contributed by atoms with van der Waals surface area (Å²) in [5.41, 5.74) is -0.0617. The molecule has 0 bridgehead atoms. The fourth-order valence-corrected chi connectivity index (χ4v) is 2.82. The number of benzene rings is 1. The molecule has 3 rings (SSSR count). The van der Waals surface area contributed by atoms with Gasteiger partial charge in [-0.2, -0.15) is 18.2 Å². The number of halogens is 3. The van der Waals surface area contributed by atoms with Crippen molar-refractivity contribution in [3.05, 3.63) is 53.6 Å². The van der Waals surface area contributed by atoms with Crippen LogP contribution in [0, 0.1) is 0 Å². The number of piperazine rings is 1. The number of hydrogen-bond acceptors (Lipinski definition) is 4. The van der Waals surface area contributed by atoms with Crippen molar-refractivity contribution in [3.8, 4) is 5.88 Å². The molecular weight excluding hydrogens is 331 g/mol. The van der Waals surface area contributed by atoms with Crippen molar-refractivity contribution >= 4 is 5.82 Å². The third-order valence-electron chi connectivity index (χ3n) is 4.16.